The highest BCUT2D eigenvalue weighted by atomic mass is 16.3. The minimum atomic E-state index is -0.222. The summed E-state index contributed by atoms with van der Waals surface area (Å²) in [6, 6.07) is 0.0246. The van der Waals surface area contributed by atoms with Gasteiger partial charge in [-0.05, 0) is 12.8 Å². The molecular formula is C12H19N3O3. The molecule has 0 aromatic rings. The number of carbonyl (C=O) groups excluding carboxylic acids is 2. The number of carbonyl (C=O) groups is 2. The van der Waals surface area contributed by atoms with Crippen molar-refractivity contribution < 1.29 is 14.7 Å². The van der Waals surface area contributed by atoms with E-state index in [9.17, 15) is 14.7 Å². The molecule has 2 unspecified atom stereocenters. The van der Waals surface area contributed by atoms with Crippen LogP contribution in [0.2, 0.25) is 0 Å². The molecule has 2 atom stereocenters. The van der Waals surface area contributed by atoms with Crippen LogP contribution in [0.5, 0.6) is 0 Å². The van der Waals surface area contributed by atoms with E-state index >= 15 is 0 Å². The molecule has 6 heteroatoms. The summed E-state index contributed by atoms with van der Waals surface area (Å²) >= 11 is 0. The van der Waals surface area contributed by atoms with Crippen molar-refractivity contribution in [2.75, 3.05) is 6.61 Å². The highest BCUT2D eigenvalue weighted by molar-refractivity contribution is 6.39. The van der Waals surface area contributed by atoms with E-state index in [4.69, 9.17) is 0 Å². The third kappa shape index (κ3) is 3.07. The first-order chi connectivity index (χ1) is 8.70. The van der Waals surface area contributed by atoms with Gasteiger partial charge in [0, 0.05) is 31.4 Å². The van der Waals surface area contributed by atoms with Crippen molar-refractivity contribution in [3.8, 4) is 0 Å². The molecule has 1 saturated carbocycles. The van der Waals surface area contributed by atoms with Gasteiger partial charge in [0.25, 0.3) is 5.91 Å². The first kappa shape index (κ1) is 13.0. The molecule has 1 heterocycles. The second kappa shape index (κ2) is 5.95. The van der Waals surface area contributed by atoms with Crippen LogP contribution >= 0.6 is 0 Å². The van der Waals surface area contributed by atoms with E-state index in [2.05, 4.69) is 15.8 Å². The lowest BCUT2D eigenvalue weighted by molar-refractivity contribution is -0.121. The summed E-state index contributed by atoms with van der Waals surface area (Å²) in [5.74, 6) is -0.237. The third-order valence-electron chi connectivity index (χ3n) is 3.63. The fourth-order valence-electron chi connectivity index (χ4n) is 2.51. The van der Waals surface area contributed by atoms with E-state index in [1.807, 2.05) is 0 Å². The molecule has 0 radical (unpaired) electrons. The van der Waals surface area contributed by atoms with E-state index in [-0.39, 0.29) is 30.4 Å². The minimum Gasteiger partial charge on any atom is -0.396 e. The summed E-state index contributed by atoms with van der Waals surface area (Å²) in [7, 11) is 0. The maximum atomic E-state index is 12.0. The molecule has 1 aliphatic carbocycles. The Labute approximate surface area is 106 Å². The average Bonchev–Trinajstić information content (AvgIpc) is 2.40. The summed E-state index contributed by atoms with van der Waals surface area (Å²) in [6.45, 7) is 0.105. The molecule has 2 amide bonds. The molecule has 0 saturated heterocycles. The predicted molar refractivity (Wildman–Crippen MR) is 65.8 cm³/mol. The van der Waals surface area contributed by atoms with Crippen LogP contribution in [0.1, 0.15) is 38.5 Å². The molecule has 2 rings (SSSR count). The van der Waals surface area contributed by atoms with E-state index in [0.717, 1.165) is 25.7 Å². The largest absolute Gasteiger partial charge is 0.396 e. The Morgan fingerprint density at radius 3 is 2.83 bits per heavy atom. The Balaban J connectivity index is 1.92. The van der Waals surface area contributed by atoms with Crippen molar-refractivity contribution in [2.24, 2.45) is 11.0 Å². The third-order valence-corrected chi connectivity index (χ3v) is 3.63. The number of nitrogens with zero attached hydrogens (tertiary/aromatic N) is 1. The predicted octanol–water partition coefficient (Wildman–Crippen LogP) is -0.0803. The van der Waals surface area contributed by atoms with Crippen molar-refractivity contribution in [3.05, 3.63) is 0 Å². The lowest BCUT2D eigenvalue weighted by Gasteiger charge is -2.31. The Morgan fingerprint density at radius 1 is 1.39 bits per heavy atom. The van der Waals surface area contributed by atoms with Crippen molar-refractivity contribution >= 4 is 17.5 Å². The number of rotatable bonds is 3. The van der Waals surface area contributed by atoms with Crippen molar-refractivity contribution in [2.45, 2.75) is 44.6 Å². The lowest BCUT2D eigenvalue weighted by atomic mass is 9.85. The van der Waals surface area contributed by atoms with Crippen LogP contribution in [0.3, 0.4) is 0 Å². The molecular weight excluding hydrogens is 234 g/mol. The second-order valence-corrected chi connectivity index (χ2v) is 4.90. The van der Waals surface area contributed by atoms with Crippen LogP contribution in [0.15, 0.2) is 5.10 Å². The summed E-state index contributed by atoms with van der Waals surface area (Å²) in [5, 5.41) is 16.0. The molecule has 18 heavy (non-hydrogen) atoms. The number of aliphatic hydroxyl groups excluding tert-OH is 1. The highest BCUT2D eigenvalue weighted by Gasteiger charge is 2.28. The first-order valence-corrected chi connectivity index (χ1v) is 6.48. The van der Waals surface area contributed by atoms with Crippen LogP contribution in [-0.2, 0) is 9.59 Å². The molecule has 1 fully saturated rings. The van der Waals surface area contributed by atoms with Crippen molar-refractivity contribution in [1.82, 2.24) is 10.7 Å². The normalized spacial score (nSPS) is 28.3. The van der Waals surface area contributed by atoms with Gasteiger partial charge in [0.2, 0.25) is 5.91 Å². The highest BCUT2D eigenvalue weighted by Crippen LogP contribution is 2.24. The Morgan fingerprint density at radius 2 is 2.17 bits per heavy atom. The molecule has 6 nitrogen and oxygen atoms in total. The Hall–Kier alpha value is -1.43. The maximum Gasteiger partial charge on any atom is 0.267 e. The first-order valence-electron chi connectivity index (χ1n) is 6.48. The smallest absolute Gasteiger partial charge is 0.267 e. The fourth-order valence-corrected chi connectivity index (χ4v) is 2.51. The van der Waals surface area contributed by atoms with E-state index in [1.165, 1.54) is 0 Å². The van der Waals surface area contributed by atoms with Crippen molar-refractivity contribution in [1.29, 1.82) is 0 Å². The molecule has 0 aromatic heterocycles. The standard InChI is InChI=1S/C12H19N3O3/c16-7-8-3-1-2-4-9(8)13-12(18)10-5-6-11(17)15-14-10/h8-9,16H,1-7H2,(H,13,18)(H,15,17). The Kier molecular flexibility index (Phi) is 4.30. The number of hydrazone groups is 1. The van der Waals surface area contributed by atoms with Gasteiger partial charge in [0.15, 0.2) is 0 Å². The van der Waals surface area contributed by atoms with Crippen LogP contribution < -0.4 is 10.7 Å². The molecule has 0 aromatic carbocycles. The van der Waals surface area contributed by atoms with Crippen LogP contribution in [0, 0.1) is 5.92 Å². The molecule has 1 aliphatic heterocycles. The summed E-state index contributed by atoms with van der Waals surface area (Å²) < 4.78 is 0. The molecule has 3 N–H and O–H groups in total. The zero-order valence-corrected chi connectivity index (χ0v) is 10.3. The van der Waals surface area contributed by atoms with E-state index in [0.29, 0.717) is 18.6 Å². The molecule has 100 valence electrons. The molecule has 2 aliphatic rings. The van der Waals surface area contributed by atoms with Crippen LogP contribution in [0.25, 0.3) is 0 Å². The number of aliphatic hydroxyl groups is 1. The van der Waals surface area contributed by atoms with Gasteiger partial charge in [0.1, 0.15) is 5.71 Å². The number of hydrogen-bond acceptors (Lipinski definition) is 4. The van der Waals surface area contributed by atoms with Gasteiger partial charge in [-0.3, -0.25) is 9.59 Å². The monoisotopic (exact) mass is 253 g/mol. The van der Waals surface area contributed by atoms with Gasteiger partial charge < -0.3 is 10.4 Å². The number of hydrogen-bond donors (Lipinski definition) is 3. The van der Waals surface area contributed by atoms with Crippen LogP contribution in [-0.4, -0.2) is 35.3 Å². The average molecular weight is 253 g/mol. The van der Waals surface area contributed by atoms with E-state index < -0.39 is 0 Å². The van der Waals surface area contributed by atoms with Gasteiger partial charge in [-0.25, -0.2) is 5.43 Å². The summed E-state index contributed by atoms with van der Waals surface area (Å²) in [6.07, 6.45) is 4.72. The fraction of sp³-hybridized carbons (Fsp3) is 0.750. The van der Waals surface area contributed by atoms with E-state index in [1.54, 1.807) is 0 Å². The zero-order valence-electron chi connectivity index (χ0n) is 10.3. The lowest BCUT2D eigenvalue weighted by Crippen LogP contribution is -2.47. The quantitative estimate of drug-likeness (QED) is 0.657. The minimum absolute atomic E-state index is 0.0246. The van der Waals surface area contributed by atoms with Gasteiger partial charge >= 0.3 is 0 Å². The SMILES string of the molecule is O=C1CCC(C(=O)NC2CCCCC2CO)=NN1. The summed E-state index contributed by atoms with van der Waals surface area (Å²) in [5.41, 5.74) is 2.69. The van der Waals surface area contributed by atoms with Gasteiger partial charge in [0.05, 0.1) is 0 Å². The van der Waals surface area contributed by atoms with Crippen LogP contribution in [0.4, 0.5) is 0 Å². The second-order valence-electron chi connectivity index (χ2n) is 4.90. The number of amides is 2. The van der Waals surface area contributed by atoms with Gasteiger partial charge in [-0.2, -0.15) is 5.10 Å². The molecule has 0 spiro atoms. The van der Waals surface area contributed by atoms with Gasteiger partial charge in [-0.15, -0.1) is 0 Å². The van der Waals surface area contributed by atoms with Gasteiger partial charge in [-0.1, -0.05) is 12.8 Å². The molecule has 0 bridgehead atoms. The zero-order chi connectivity index (χ0) is 13.0. The maximum absolute atomic E-state index is 12.0. The van der Waals surface area contributed by atoms with Crippen molar-refractivity contribution in [3.63, 3.8) is 0 Å². The topological polar surface area (TPSA) is 90.8 Å². The number of nitrogens with one attached hydrogen (secondary N) is 2. The Bertz CT molecular complexity index is 368. The summed E-state index contributed by atoms with van der Waals surface area (Å²) in [4.78, 5) is 22.9.